The first-order valence-electron chi connectivity index (χ1n) is 8.33. The van der Waals surface area contributed by atoms with Crippen LogP contribution in [-0.4, -0.2) is 70.7 Å². The largest absolute Gasteiger partial charge is 0.379 e. The normalized spacial score (nSPS) is 26.5. The van der Waals surface area contributed by atoms with Gasteiger partial charge in [0.15, 0.2) is 0 Å². The Morgan fingerprint density at radius 2 is 2.14 bits per heavy atom. The van der Waals surface area contributed by atoms with Crippen molar-refractivity contribution in [3.05, 3.63) is 18.7 Å². The Bertz CT molecular complexity index is 471. The Balaban J connectivity index is 1.54. The number of aryl methyl sites for hydroxylation is 1. The van der Waals surface area contributed by atoms with E-state index in [0.717, 1.165) is 45.8 Å². The molecule has 0 bridgehead atoms. The summed E-state index contributed by atoms with van der Waals surface area (Å²) in [4.78, 5) is 21.1. The average molecular weight is 306 g/mol. The van der Waals surface area contributed by atoms with Crippen molar-refractivity contribution >= 4 is 5.91 Å². The molecule has 22 heavy (non-hydrogen) atoms. The zero-order valence-corrected chi connectivity index (χ0v) is 13.4. The first kappa shape index (κ1) is 15.5. The highest BCUT2D eigenvalue weighted by molar-refractivity contribution is 5.76. The fourth-order valence-electron chi connectivity index (χ4n) is 3.58. The minimum Gasteiger partial charge on any atom is -0.379 e. The highest BCUT2D eigenvalue weighted by Crippen LogP contribution is 2.26. The topological polar surface area (TPSA) is 50.6 Å². The van der Waals surface area contributed by atoms with Crippen LogP contribution in [0.4, 0.5) is 0 Å². The van der Waals surface area contributed by atoms with Crippen LogP contribution in [0.2, 0.25) is 0 Å². The van der Waals surface area contributed by atoms with Gasteiger partial charge in [-0.25, -0.2) is 4.98 Å². The number of hydrogen-bond donors (Lipinski definition) is 0. The summed E-state index contributed by atoms with van der Waals surface area (Å²) in [5.74, 6) is 0.859. The van der Waals surface area contributed by atoms with E-state index in [-0.39, 0.29) is 5.91 Å². The van der Waals surface area contributed by atoms with Crippen LogP contribution in [0.3, 0.4) is 0 Å². The van der Waals surface area contributed by atoms with Gasteiger partial charge >= 0.3 is 0 Å². The number of nitrogens with zero attached hydrogens (tertiary/aromatic N) is 4. The molecule has 122 valence electrons. The van der Waals surface area contributed by atoms with Crippen molar-refractivity contribution in [3.63, 3.8) is 0 Å². The van der Waals surface area contributed by atoms with Gasteiger partial charge in [-0.1, -0.05) is 13.3 Å². The molecule has 3 heterocycles. The second kappa shape index (κ2) is 7.24. The number of aromatic nitrogens is 2. The third-order valence-electron chi connectivity index (χ3n) is 4.94. The van der Waals surface area contributed by atoms with Gasteiger partial charge in [-0.3, -0.25) is 9.69 Å². The number of carbonyl (C=O) groups is 1. The van der Waals surface area contributed by atoms with Crippen LogP contribution in [0.25, 0.3) is 0 Å². The lowest BCUT2D eigenvalue weighted by molar-refractivity contribution is -0.130. The molecule has 2 aliphatic heterocycles. The molecule has 0 aromatic carbocycles. The zero-order valence-electron chi connectivity index (χ0n) is 13.4. The lowest BCUT2D eigenvalue weighted by Gasteiger charge is -2.34. The first-order chi connectivity index (χ1) is 10.8. The first-order valence-corrected chi connectivity index (χ1v) is 8.33. The Labute approximate surface area is 132 Å². The summed E-state index contributed by atoms with van der Waals surface area (Å²) in [6.45, 7) is 8.37. The minimum absolute atomic E-state index is 0.267. The van der Waals surface area contributed by atoms with E-state index < -0.39 is 0 Å². The van der Waals surface area contributed by atoms with E-state index in [2.05, 4.69) is 21.7 Å². The molecular formula is C16H26N4O2. The highest BCUT2D eigenvalue weighted by Gasteiger charge is 2.37. The van der Waals surface area contributed by atoms with Crippen LogP contribution in [0.15, 0.2) is 18.7 Å². The summed E-state index contributed by atoms with van der Waals surface area (Å²) >= 11 is 0. The van der Waals surface area contributed by atoms with E-state index >= 15 is 0 Å². The maximum atomic E-state index is 12.5. The number of carbonyl (C=O) groups excluding carboxylic acids is 1. The molecule has 0 unspecified atom stereocenters. The third kappa shape index (κ3) is 3.50. The van der Waals surface area contributed by atoms with Crippen molar-refractivity contribution < 1.29 is 9.53 Å². The number of amides is 1. The Morgan fingerprint density at radius 3 is 2.82 bits per heavy atom. The highest BCUT2D eigenvalue weighted by atomic mass is 16.5. The van der Waals surface area contributed by atoms with Gasteiger partial charge in [0.2, 0.25) is 5.91 Å². The van der Waals surface area contributed by atoms with Crippen molar-refractivity contribution in [1.29, 1.82) is 0 Å². The Morgan fingerprint density at radius 1 is 1.32 bits per heavy atom. The SMILES string of the molecule is CC[C@@H]1CN(C(=O)CCn2ccnc2)C[C@H]1N1CCOCC1. The molecule has 2 atom stereocenters. The van der Waals surface area contributed by atoms with Crippen LogP contribution in [0.5, 0.6) is 0 Å². The molecule has 2 saturated heterocycles. The lowest BCUT2D eigenvalue weighted by atomic mass is 9.99. The molecule has 1 aromatic heterocycles. The van der Waals surface area contributed by atoms with Crippen molar-refractivity contribution in [3.8, 4) is 0 Å². The average Bonchev–Trinajstić information content (AvgIpc) is 3.22. The molecule has 6 heteroatoms. The molecule has 0 spiro atoms. The molecule has 0 radical (unpaired) electrons. The van der Waals surface area contributed by atoms with Crippen molar-refractivity contribution in [2.75, 3.05) is 39.4 Å². The number of hydrogen-bond acceptors (Lipinski definition) is 4. The third-order valence-corrected chi connectivity index (χ3v) is 4.94. The van der Waals surface area contributed by atoms with Crippen molar-refractivity contribution in [1.82, 2.24) is 19.4 Å². The lowest BCUT2D eigenvalue weighted by Crippen LogP contribution is -2.47. The molecule has 2 fully saturated rings. The van der Waals surface area contributed by atoms with Gasteiger partial charge < -0.3 is 14.2 Å². The van der Waals surface area contributed by atoms with E-state index in [1.807, 2.05) is 10.8 Å². The molecule has 2 aliphatic rings. The van der Waals surface area contributed by atoms with Gasteiger partial charge in [-0.2, -0.15) is 0 Å². The molecule has 3 rings (SSSR count). The van der Waals surface area contributed by atoms with Crippen molar-refractivity contribution in [2.24, 2.45) is 5.92 Å². The summed E-state index contributed by atoms with van der Waals surface area (Å²) in [7, 11) is 0. The predicted octanol–water partition coefficient (Wildman–Crippen LogP) is 0.842. The number of morpholine rings is 1. The van der Waals surface area contributed by atoms with Crippen LogP contribution in [-0.2, 0) is 16.1 Å². The van der Waals surface area contributed by atoms with Gasteiger partial charge in [-0.15, -0.1) is 0 Å². The van der Waals surface area contributed by atoms with E-state index in [9.17, 15) is 4.79 Å². The maximum absolute atomic E-state index is 12.5. The summed E-state index contributed by atoms with van der Waals surface area (Å²) < 4.78 is 7.41. The van der Waals surface area contributed by atoms with Gasteiger partial charge in [0.1, 0.15) is 0 Å². The van der Waals surface area contributed by atoms with Crippen LogP contribution in [0, 0.1) is 5.92 Å². The van der Waals surface area contributed by atoms with Gasteiger partial charge in [-0.05, 0) is 5.92 Å². The van der Waals surface area contributed by atoms with E-state index in [1.165, 1.54) is 0 Å². The standard InChI is InChI=1S/C16H26N4O2/c1-2-14-11-20(12-15(14)19-7-9-22-10-8-19)16(21)3-5-18-6-4-17-13-18/h4,6,13-15H,2-3,5,7-12H2,1H3/t14-,15-/m1/s1. The predicted molar refractivity (Wildman–Crippen MR) is 83.4 cm³/mol. The van der Waals surface area contributed by atoms with Gasteiger partial charge in [0.05, 0.1) is 19.5 Å². The fraction of sp³-hybridized carbons (Fsp3) is 0.750. The van der Waals surface area contributed by atoms with Gasteiger partial charge in [0, 0.05) is 57.6 Å². The summed E-state index contributed by atoms with van der Waals surface area (Å²) in [5, 5.41) is 0. The Hall–Kier alpha value is -1.40. The number of ether oxygens (including phenoxy) is 1. The number of rotatable bonds is 5. The second-order valence-corrected chi connectivity index (χ2v) is 6.23. The fourth-order valence-corrected chi connectivity index (χ4v) is 3.58. The van der Waals surface area contributed by atoms with Crippen LogP contribution in [0.1, 0.15) is 19.8 Å². The molecule has 1 aromatic rings. The van der Waals surface area contributed by atoms with Crippen molar-refractivity contribution in [2.45, 2.75) is 32.4 Å². The molecular weight excluding hydrogens is 280 g/mol. The molecule has 0 aliphatic carbocycles. The molecule has 0 N–H and O–H groups in total. The summed E-state index contributed by atoms with van der Waals surface area (Å²) in [5.41, 5.74) is 0. The smallest absolute Gasteiger partial charge is 0.224 e. The minimum atomic E-state index is 0.267. The zero-order chi connectivity index (χ0) is 15.4. The quantitative estimate of drug-likeness (QED) is 0.809. The molecule has 1 amide bonds. The van der Waals surface area contributed by atoms with E-state index in [4.69, 9.17) is 4.74 Å². The summed E-state index contributed by atoms with van der Waals surface area (Å²) in [6, 6.07) is 0.506. The van der Waals surface area contributed by atoms with E-state index in [1.54, 1.807) is 12.5 Å². The second-order valence-electron chi connectivity index (χ2n) is 6.23. The monoisotopic (exact) mass is 306 g/mol. The number of imidazole rings is 1. The van der Waals surface area contributed by atoms with Crippen LogP contribution < -0.4 is 0 Å². The maximum Gasteiger partial charge on any atom is 0.224 e. The number of likely N-dealkylation sites (tertiary alicyclic amines) is 1. The summed E-state index contributed by atoms with van der Waals surface area (Å²) in [6.07, 6.45) is 7.11. The molecule has 6 nitrogen and oxygen atoms in total. The Kier molecular flexibility index (Phi) is 5.10. The van der Waals surface area contributed by atoms with Gasteiger partial charge in [0.25, 0.3) is 0 Å². The molecule has 0 saturated carbocycles. The van der Waals surface area contributed by atoms with E-state index in [0.29, 0.717) is 24.9 Å². The van der Waals surface area contributed by atoms with Crippen LogP contribution >= 0.6 is 0 Å².